The number of benzene rings is 1. The molecule has 17 heavy (non-hydrogen) atoms. The highest BCUT2D eigenvalue weighted by molar-refractivity contribution is 6.37. The van der Waals surface area contributed by atoms with Crippen molar-refractivity contribution in [1.82, 2.24) is 0 Å². The van der Waals surface area contributed by atoms with E-state index in [1.807, 2.05) is 5.32 Å². The molecule has 1 aliphatic heterocycles. The average Bonchev–Trinajstić information content (AvgIpc) is 2.19. The molecule has 1 aromatic carbocycles. The third-order valence-electron chi connectivity index (χ3n) is 2.10. The van der Waals surface area contributed by atoms with E-state index in [2.05, 4.69) is 4.74 Å². The normalized spacial score (nSPS) is 23.7. The number of carbonyl (C=O) groups excluding carboxylic acids is 1. The Morgan fingerprint density at radius 1 is 1.35 bits per heavy atom. The van der Waals surface area contributed by atoms with Crippen LogP contribution in [0.1, 0.15) is 0 Å². The third kappa shape index (κ3) is 1.91. The van der Waals surface area contributed by atoms with E-state index >= 15 is 0 Å². The van der Waals surface area contributed by atoms with Crippen molar-refractivity contribution < 1.29 is 22.7 Å². The van der Waals surface area contributed by atoms with Crippen molar-refractivity contribution in [2.75, 3.05) is 5.32 Å². The monoisotopic (exact) mass is 285 g/mol. The number of hydrogen-bond acceptors (Lipinski definition) is 2. The molecule has 0 spiro atoms. The Morgan fingerprint density at radius 2 is 2.00 bits per heavy atom. The predicted octanol–water partition coefficient (Wildman–Crippen LogP) is 3.17. The third-order valence-corrected chi connectivity index (χ3v) is 2.80. The predicted molar refractivity (Wildman–Crippen MR) is 55.3 cm³/mol. The zero-order valence-electron chi connectivity index (χ0n) is 7.94. The number of halogens is 5. The molecule has 1 N–H and O–H groups in total. The Hall–Kier alpha value is -1.14. The number of alkyl halides is 4. The Bertz CT molecular complexity index is 492. The number of rotatable bonds is 0. The Balaban J connectivity index is 2.47. The molecule has 92 valence electrons. The SMILES string of the molecule is O=C1Nc2cc(Cl)ccc2O[C@]1(Cl)C(F)(F)F. The minimum atomic E-state index is -5.03. The summed E-state index contributed by atoms with van der Waals surface area (Å²) in [5, 5.41) is -1.16. The van der Waals surface area contributed by atoms with Crippen molar-refractivity contribution >= 4 is 34.8 Å². The van der Waals surface area contributed by atoms with Gasteiger partial charge in [0.2, 0.25) is 0 Å². The van der Waals surface area contributed by atoms with Crippen LogP contribution in [0, 0.1) is 0 Å². The summed E-state index contributed by atoms with van der Waals surface area (Å²) in [6.07, 6.45) is -5.03. The van der Waals surface area contributed by atoms with Crippen LogP contribution in [0.2, 0.25) is 5.02 Å². The Labute approximate surface area is 103 Å². The van der Waals surface area contributed by atoms with Crippen molar-refractivity contribution in [2.45, 2.75) is 11.2 Å². The fourth-order valence-corrected chi connectivity index (χ4v) is 1.58. The maximum atomic E-state index is 12.6. The molecule has 0 radical (unpaired) electrons. The van der Waals surface area contributed by atoms with Gasteiger partial charge in [-0.3, -0.25) is 4.79 Å². The lowest BCUT2D eigenvalue weighted by molar-refractivity contribution is -0.212. The van der Waals surface area contributed by atoms with Crippen LogP contribution in [0.4, 0.5) is 18.9 Å². The number of amides is 1. The number of hydrogen-bond donors (Lipinski definition) is 1. The van der Waals surface area contributed by atoms with Crippen molar-refractivity contribution in [3.8, 4) is 5.75 Å². The van der Waals surface area contributed by atoms with Crippen LogP contribution in [0.3, 0.4) is 0 Å². The van der Waals surface area contributed by atoms with Gasteiger partial charge in [-0.2, -0.15) is 13.2 Å². The van der Waals surface area contributed by atoms with E-state index in [1.165, 1.54) is 18.2 Å². The van der Waals surface area contributed by atoms with Gasteiger partial charge in [0.1, 0.15) is 5.75 Å². The van der Waals surface area contributed by atoms with Crippen LogP contribution in [0.15, 0.2) is 18.2 Å². The van der Waals surface area contributed by atoms with Crippen molar-refractivity contribution in [3.63, 3.8) is 0 Å². The first-order chi connectivity index (χ1) is 7.74. The first-order valence-corrected chi connectivity index (χ1v) is 5.05. The van der Waals surface area contributed by atoms with E-state index in [-0.39, 0.29) is 16.5 Å². The molecular weight excluding hydrogens is 282 g/mol. The zero-order valence-corrected chi connectivity index (χ0v) is 9.45. The summed E-state index contributed by atoms with van der Waals surface area (Å²) in [4.78, 5) is 11.3. The zero-order chi connectivity index (χ0) is 12.8. The fraction of sp³-hybridized carbons (Fsp3) is 0.222. The van der Waals surface area contributed by atoms with Gasteiger partial charge >= 0.3 is 11.2 Å². The topological polar surface area (TPSA) is 38.3 Å². The average molecular weight is 286 g/mol. The quantitative estimate of drug-likeness (QED) is 0.744. The van der Waals surface area contributed by atoms with Crippen molar-refractivity contribution in [2.24, 2.45) is 0 Å². The largest absolute Gasteiger partial charge is 0.453 e. The summed E-state index contributed by atoms with van der Waals surface area (Å²) in [5.74, 6) is -1.69. The maximum absolute atomic E-state index is 12.6. The molecule has 0 aromatic heterocycles. The highest BCUT2D eigenvalue weighted by atomic mass is 35.5. The van der Waals surface area contributed by atoms with Gasteiger partial charge in [0.15, 0.2) is 0 Å². The molecule has 1 aliphatic rings. The van der Waals surface area contributed by atoms with Gasteiger partial charge in [-0.15, -0.1) is 0 Å². The highest BCUT2D eigenvalue weighted by Gasteiger charge is 2.64. The Morgan fingerprint density at radius 3 is 2.59 bits per heavy atom. The molecule has 1 amide bonds. The summed E-state index contributed by atoms with van der Waals surface area (Å²) < 4.78 is 42.3. The summed E-state index contributed by atoms with van der Waals surface area (Å²) >= 11 is 10.8. The van der Waals surface area contributed by atoms with E-state index in [0.29, 0.717) is 0 Å². The second-order valence-electron chi connectivity index (χ2n) is 3.29. The summed E-state index contributed by atoms with van der Waals surface area (Å²) in [7, 11) is 0. The molecule has 0 saturated carbocycles. The van der Waals surface area contributed by atoms with E-state index in [1.54, 1.807) is 0 Å². The van der Waals surface area contributed by atoms with Crippen LogP contribution < -0.4 is 10.1 Å². The van der Waals surface area contributed by atoms with Crippen molar-refractivity contribution in [1.29, 1.82) is 0 Å². The van der Waals surface area contributed by atoms with Gasteiger partial charge in [0.25, 0.3) is 5.91 Å². The first-order valence-electron chi connectivity index (χ1n) is 4.30. The first kappa shape index (κ1) is 12.3. The van der Waals surface area contributed by atoms with Crippen LogP contribution in [0.5, 0.6) is 5.75 Å². The van der Waals surface area contributed by atoms with Gasteiger partial charge in [-0.1, -0.05) is 23.2 Å². The summed E-state index contributed by atoms with van der Waals surface area (Å²) in [6.45, 7) is 0. The molecule has 1 atom stereocenters. The standard InChI is InChI=1S/C9H4Cl2F3NO2/c10-4-1-2-6-5(3-4)15-7(16)8(11,17-6)9(12,13)14/h1-3H,(H,15,16)/t8-/m0/s1. The molecule has 0 unspecified atom stereocenters. The molecule has 2 rings (SSSR count). The molecule has 0 saturated heterocycles. The Kier molecular flexibility index (Phi) is 2.67. The molecule has 8 heteroatoms. The number of ether oxygens (including phenoxy) is 1. The lowest BCUT2D eigenvalue weighted by Crippen LogP contribution is -2.56. The molecular formula is C9H4Cl2F3NO2. The second-order valence-corrected chi connectivity index (χ2v) is 4.26. The molecule has 1 aromatic rings. The number of carbonyl (C=O) groups is 1. The molecule has 0 fully saturated rings. The van der Waals surface area contributed by atoms with E-state index in [0.717, 1.165) is 0 Å². The fourth-order valence-electron chi connectivity index (χ4n) is 1.28. The number of anilines is 1. The van der Waals surface area contributed by atoms with Crippen LogP contribution in [-0.4, -0.2) is 17.1 Å². The molecule has 1 heterocycles. The number of nitrogens with one attached hydrogen (secondary N) is 1. The van der Waals surface area contributed by atoms with Gasteiger partial charge in [0, 0.05) is 5.02 Å². The van der Waals surface area contributed by atoms with E-state index in [4.69, 9.17) is 23.2 Å². The second kappa shape index (κ2) is 3.68. The van der Waals surface area contributed by atoms with E-state index < -0.39 is 17.1 Å². The minimum absolute atomic E-state index is 0.0445. The lowest BCUT2D eigenvalue weighted by atomic mass is 10.2. The lowest BCUT2D eigenvalue weighted by Gasteiger charge is -2.33. The van der Waals surface area contributed by atoms with Crippen LogP contribution in [0.25, 0.3) is 0 Å². The van der Waals surface area contributed by atoms with Gasteiger partial charge in [0.05, 0.1) is 5.69 Å². The van der Waals surface area contributed by atoms with Gasteiger partial charge < -0.3 is 10.1 Å². The molecule has 3 nitrogen and oxygen atoms in total. The maximum Gasteiger partial charge on any atom is 0.453 e. The summed E-state index contributed by atoms with van der Waals surface area (Å²) in [5.41, 5.74) is 0.0445. The van der Waals surface area contributed by atoms with Gasteiger partial charge in [-0.25, -0.2) is 0 Å². The van der Waals surface area contributed by atoms with Gasteiger partial charge in [-0.05, 0) is 18.2 Å². The summed E-state index contributed by atoms with van der Waals surface area (Å²) in [6, 6.07) is 3.78. The van der Waals surface area contributed by atoms with Crippen LogP contribution >= 0.6 is 23.2 Å². The van der Waals surface area contributed by atoms with Crippen molar-refractivity contribution in [3.05, 3.63) is 23.2 Å². The smallest absolute Gasteiger partial charge is 0.453 e. The minimum Gasteiger partial charge on any atom is -0.453 e. The number of fused-ring (bicyclic) bond motifs is 1. The van der Waals surface area contributed by atoms with Crippen LogP contribution in [-0.2, 0) is 4.79 Å². The van der Waals surface area contributed by atoms with E-state index in [9.17, 15) is 18.0 Å². The molecule has 0 aliphatic carbocycles. The molecule has 0 bridgehead atoms. The highest BCUT2D eigenvalue weighted by Crippen LogP contribution is 2.44.